The molecule has 0 spiro atoms. The molecule has 2 N–H and O–H groups in total. The zero-order chi connectivity index (χ0) is 16.2. The molecule has 0 aromatic heterocycles. The Morgan fingerprint density at radius 2 is 1.91 bits per heavy atom. The molecule has 23 heavy (non-hydrogen) atoms. The van der Waals surface area contributed by atoms with Gasteiger partial charge in [0.15, 0.2) is 0 Å². The molecule has 2 aromatic carbocycles. The van der Waals surface area contributed by atoms with Crippen molar-refractivity contribution in [1.29, 1.82) is 0 Å². The van der Waals surface area contributed by atoms with Crippen molar-refractivity contribution in [2.75, 3.05) is 13.7 Å². The number of nitrogens with one attached hydrogen (secondary N) is 1. The predicted molar refractivity (Wildman–Crippen MR) is 88.3 cm³/mol. The van der Waals surface area contributed by atoms with E-state index in [2.05, 4.69) is 5.32 Å². The van der Waals surface area contributed by atoms with Gasteiger partial charge in [0, 0.05) is 5.92 Å². The van der Waals surface area contributed by atoms with Crippen LogP contribution in [0.5, 0.6) is 5.75 Å². The molecule has 0 radical (unpaired) electrons. The van der Waals surface area contributed by atoms with Crippen LogP contribution in [0.2, 0.25) is 0 Å². The lowest BCUT2D eigenvalue weighted by Crippen LogP contribution is -2.32. The second kappa shape index (κ2) is 6.84. The molecule has 1 aliphatic rings. The molecule has 4 nitrogen and oxygen atoms in total. The first-order chi connectivity index (χ1) is 11.2. The van der Waals surface area contributed by atoms with Crippen molar-refractivity contribution in [3.05, 3.63) is 65.7 Å². The van der Waals surface area contributed by atoms with Crippen molar-refractivity contribution in [3.8, 4) is 5.75 Å². The molecule has 1 amide bonds. The Morgan fingerprint density at radius 1 is 1.22 bits per heavy atom. The van der Waals surface area contributed by atoms with Crippen molar-refractivity contribution in [2.45, 2.75) is 18.4 Å². The highest BCUT2D eigenvalue weighted by atomic mass is 16.5. The van der Waals surface area contributed by atoms with E-state index in [0.717, 1.165) is 23.3 Å². The lowest BCUT2D eigenvalue weighted by molar-refractivity contribution is -0.123. The standard InChI is InChI=1S/C19H21NO3/c1-23-15-9-7-13(8-10-15)16-11-17(16)19(22)20-18(12-21)14-5-3-2-4-6-14/h2-10,16-18,21H,11-12H2,1H3,(H,20,22)/t16?,17-,18?/m0/s1. The predicted octanol–water partition coefficient (Wildman–Crippen LogP) is 2.65. The fourth-order valence-electron chi connectivity index (χ4n) is 2.90. The monoisotopic (exact) mass is 311 g/mol. The van der Waals surface area contributed by atoms with Crippen molar-refractivity contribution < 1.29 is 14.6 Å². The molecule has 1 saturated carbocycles. The Balaban J connectivity index is 1.61. The highest BCUT2D eigenvalue weighted by Crippen LogP contribution is 2.48. The van der Waals surface area contributed by atoms with Gasteiger partial charge in [-0.25, -0.2) is 0 Å². The Hall–Kier alpha value is -2.33. The van der Waals surface area contributed by atoms with Gasteiger partial charge in [-0.05, 0) is 35.6 Å². The minimum Gasteiger partial charge on any atom is -0.497 e. The van der Waals surface area contributed by atoms with Crippen LogP contribution >= 0.6 is 0 Å². The van der Waals surface area contributed by atoms with Crippen LogP contribution in [0.4, 0.5) is 0 Å². The van der Waals surface area contributed by atoms with Crippen LogP contribution < -0.4 is 10.1 Å². The van der Waals surface area contributed by atoms with E-state index >= 15 is 0 Å². The highest BCUT2D eigenvalue weighted by Gasteiger charge is 2.44. The van der Waals surface area contributed by atoms with Crippen molar-refractivity contribution in [1.82, 2.24) is 5.32 Å². The normalized spacial score (nSPS) is 20.6. The van der Waals surface area contributed by atoms with Gasteiger partial charge in [0.1, 0.15) is 5.75 Å². The number of hydrogen-bond donors (Lipinski definition) is 2. The van der Waals surface area contributed by atoms with Crippen LogP contribution in [-0.4, -0.2) is 24.7 Å². The molecule has 3 atom stereocenters. The molecule has 1 fully saturated rings. The fourth-order valence-corrected chi connectivity index (χ4v) is 2.90. The van der Waals surface area contributed by atoms with Gasteiger partial charge in [0.25, 0.3) is 0 Å². The summed E-state index contributed by atoms with van der Waals surface area (Å²) in [5, 5.41) is 12.5. The summed E-state index contributed by atoms with van der Waals surface area (Å²) >= 11 is 0. The van der Waals surface area contributed by atoms with E-state index in [0.29, 0.717) is 0 Å². The van der Waals surface area contributed by atoms with E-state index in [4.69, 9.17) is 4.74 Å². The number of amides is 1. The molecule has 3 rings (SSSR count). The molecule has 4 heteroatoms. The van der Waals surface area contributed by atoms with Gasteiger partial charge in [-0.2, -0.15) is 0 Å². The molecule has 0 aliphatic heterocycles. The zero-order valence-corrected chi connectivity index (χ0v) is 13.1. The second-order valence-corrected chi connectivity index (χ2v) is 5.88. The molecule has 1 aliphatic carbocycles. The number of methoxy groups -OCH3 is 1. The molecule has 0 bridgehead atoms. The van der Waals surface area contributed by atoms with Crippen LogP contribution in [0.3, 0.4) is 0 Å². The Kier molecular flexibility index (Phi) is 4.63. The summed E-state index contributed by atoms with van der Waals surface area (Å²) in [6, 6.07) is 17.1. The number of carbonyl (C=O) groups excluding carboxylic acids is 1. The third-order valence-corrected chi connectivity index (χ3v) is 4.37. The summed E-state index contributed by atoms with van der Waals surface area (Å²) in [4.78, 5) is 12.4. The molecule has 2 unspecified atom stereocenters. The van der Waals surface area contributed by atoms with E-state index in [1.165, 1.54) is 0 Å². The quantitative estimate of drug-likeness (QED) is 0.862. The van der Waals surface area contributed by atoms with E-state index < -0.39 is 0 Å². The van der Waals surface area contributed by atoms with Gasteiger partial charge in [-0.15, -0.1) is 0 Å². The molecule has 2 aromatic rings. The van der Waals surface area contributed by atoms with E-state index in [1.807, 2.05) is 54.6 Å². The lowest BCUT2D eigenvalue weighted by Gasteiger charge is -2.16. The number of hydrogen-bond acceptors (Lipinski definition) is 3. The van der Waals surface area contributed by atoms with Gasteiger partial charge in [0.2, 0.25) is 5.91 Å². The second-order valence-electron chi connectivity index (χ2n) is 5.88. The first kappa shape index (κ1) is 15.6. The lowest BCUT2D eigenvalue weighted by atomic mass is 10.1. The maximum Gasteiger partial charge on any atom is 0.224 e. The first-order valence-electron chi connectivity index (χ1n) is 7.83. The molecule has 120 valence electrons. The number of carbonyl (C=O) groups is 1. The number of aliphatic hydroxyl groups excluding tert-OH is 1. The van der Waals surface area contributed by atoms with E-state index in [9.17, 15) is 9.90 Å². The minimum absolute atomic E-state index is 0.00808. The Labute approximate surface area is 136 Å². The van der Waals surface area contributed by atoms with Gasteiger partial charge >= 0.3 is 0 Å². The van der Waals surface area contributed by atoms with Crippen molar-refractivity contribution in [3.63, 3.8) is 0 Å². The molecule has 0 heterocycles. The van der Waals surface area contributed by atoms with Crippen LogP contribution in [0.25, 0.3) is 0 Å². The van der Waals surface area contributed by atoms with Crippen molar-refractivity contribution in [2.24, 2.45) is 5.92 Å². The summed E-state index contributed by atoms with van der Waals surface area (Å²) in [5.74, 6) is 1.07. The van der Waals surface area contributed by atoms with Crippen molar-refractivity contribution >= 4 is 5.91 Å². The number of ether oxygens (including phenoxy) is 1. The van der Waals surface area contributed by atoms with Crippen LogP contribution in [0, 0.1) is 5.92 Å². The Bertz CT molecular complexity index is 654. The average molecular weight is 311 g/mol. The van der Waals surface area contributed by atoms with Crippen LogP contribution in [0.15, 0.2) is 54.6 Å². The highest BCUT2D eigenvalue weighted by molar-refractivity contribution is 5.83. The minimum atomic E-state index is -0.346. The number of aliphatic hydroxyl groups is 1. The van der Waals surface area contributed by atoms with Gasteiger partial charge in [-0.3, -0.25) is 4.79 Å². The first-order valence-corrected chi connectivity index (χ1v) is 7.83. The topological polar surface area (TPSA) is 58.6 Å². The molecule has 0 saturated heterocycles. The smallest absolute Gasteiger partial charge is 0.224 e. The van der Waals surface area contributed by atoms with Crippen LogP contribution in [0.1, 0.15) is 29.5 Å². The van der Waals surface area contributed by atoms with E-state index in [-0.39, 0.29) is 30.4 Å². The number of benzene rings is 2. The van der Waals surface area contributed by atoms with Gasteiger partial charge in [0.05, 0.1) is 19.8 Å². The summed E-state index contributed by atoms with van der Waals surface area (Å²) < 4.78 is 5.15. The summed E-state index contributed by atoms with van der Waals surface area (Å²) in [5.41, 5.74) is 2.08. The third-order valence-electron chi connectivity index (χ3n) is 4.37. The SMILES string of the molecule is COc1ccc(C2C[C@@H]2C(=O)NC(CO)c2ccccc2)cc1. The molecular weight excluding hydrogens is 290 g/mol. The number of rotatable bonds is 6. The third kappa shape index (κ3) is 3.54. The average Bonchev–Trinajstić information content (AvgIpc) is 3.41. The zero-order valence-electron chi connectivity index (χ0n) is 13.1. The summed E-state index contributed by atoms with van der Waals surface area (Å²) in [6.07, 6.45) is 0.852. The maximum atomic E-state index is 12.4. The fraction of sp³-hybridized carbons (Fsp3) is 0.316. The summed E-state index contributed by atoms with van der Waals surface area (Å²) in [6.45, 7) is -0.102. The van der Waals surface area contributed by atoms with E-state index in [1.54, 1.807) is 7.11 Å². The Morgan fingerprint density at radius 3 is 2.52 bits per heavy atom. The van der Waals surface area contributed by atoms with Gasteiger partial charge < -0.3 is 15.2 Å². The largest absolute Gasteiger partial charge is 0.497 e. The van der Waals surface area contributed by atoms with Crippen LogP contribution in [-0.2, 0) is 4.79 Å². The van der Waals surface area contributed by atoms with Gasteiger partial charge in [-0.1, -0.05) is 42.5 Å². The summed E-state index contributed by atoms with van der Waals surface area (Å²) in [7, 11) is 1.64. The molecular formula is C19H21NO3. The maximum absolute atomic E-state index is 12.4.